The number of halogens is 1. The van der Waals surface area contributed by atoms with Gasteiger partial charge in [0.15, 0.2) is 0 Å². The van der Waals surface area contributed by atoms with Gasteiger partial charge in [0.05, 0.1) is 12.7 Å². The number of rotatable bonds is 6. The first kappa shape index (κ1) is 15.3. The van der Waals surface area contributed by atoms with Crippen LogP contribution in [0, 0.1) is 13.8 Å². The molecule has 0 spiro atoms. The lowest BCUT2D eigenvalue weighted by atomic mass is 9.98. The van der Waals surface area contributed by atoms with Crippen LogP contribution in [-0.2, 0) is 6.42 Å². The summed E-state index contributed by atoms with van der Waals surface area (Å²) in [6.45, 7) is 6.83. The van der Waals surface area contributed by atoms with Crippen molar-refractivity contribution in [2.75, 3.05) is 13.2 Å². The topological polar surface area (TPSA) is 55.5 Å². The molecular formula is C14H22ClNO2. The summed E-state index contributed by atoms with van der Waals surface area (Å²) in [6, 6.07) is 1.92. The molecule has 0 radical (unpaired) electrons. The maximum atomic E-state index is 9.57. The van der Waals surface area contributed by atoms with Crippen molar-refractivity contribution in [3.63, 3.8) is 0 Å². The van der Waals surface area contributed by atoms with Crippen LogP contribution in [0.3, 0.4) is 0 Å². The van der Waals surface area contributed by atoms with E-state index in [-0.39, 0.29) is 6.54 Å². The first-order valence-corrected chi connectivity index (χ1v) is 6.68. The van der Waals surface area contributed by atoms with Gasteiger partial charge in [-0.2, -0.15) is 0 Å². The summed E-state index contributed by atoms with van der Waals surface area (Å²) in [5.74, 6) is 0.892. The Bertz CT molecular complexity index is 407. The number of aryl methyl sites for hydroxylation is 1. The number of aliphatic hydroxyl groups is 1. The van der Waals surface area contributed by atoms with Gasteiger partial charge in [-0.15, -0.1) is 0 Å². The number of hydrogen-bond acceptors (Lipinski definition) is 3. The Kier molecular flexibility index (Phi) is 5.93. The van der Waals surface area contributed by atoms with E-state index in [9.17, 15) is 5.11 Å². The second-order valence-electron chi connectivity index (χ2n) is 4.47. The third-order valence-electron chi connectivity index (χ3n) is 3.07. The van der Waals surface area contributed by atoms with Crippen molar-refractivity contribution in [1.29, 1.82) is 0 Å². The molecule has 0 heterocycles. The summed E-state index contributed by atoms with van der Waals surface area (Å²) in [6.07, 6.45) is 0.871. The van der Waals surface area contributed by atoms with E-state index in [1.165, 1.54) is 0 Å². The van der Waals surface area contributed by atoms with Crippen molar-refractivity contribution < 1.29 is 9.84 Å². The fourth-order valence-corrected chi connectivity index (χ4v) is 2.27. The zero-order valence-electron chi connectivity index (χ0n) is 11.3. The highest BCUT2D eigenvalue weighted by molar-refractivity contribution is 6.31. The molecule has 102 valence electrons. The van der Waals surface area contributed by atoms with Crippen LogP contribution in [0.2, 0.25) is 5.02 Å². The number of hydrogen-bond donors (Lipinski definition) is 2. The van der Waals surface area contributed by atoms with Crippen LogP contribution in [0.15, 0.2) is 6.07 Å². The van der Waals surface area contributed by atoms with Crippen molar-refractivity contribution in [1.82, 2.24) is 0 Å². The molecule has 0 aromatic heterocycles. The van der Waals surface area contributed by atoms with Crippen molar-refractivity contribution in [2.45, 2.75) is 39.7 Å². The van der Waals surface area contributed by atoms with Crippen LogP contribution in [0.25, 0.3) is 0 Å². The molecule has 0 aliphatic carbocycles. The third kappa shape index (κ3) is 3.61. The second kappa shape index (κ2) is 6.98. The molecule has 0 saturated carbocycles. The highest BCUT2D eigenvalue weighted by Crippen LogP contribution is 2.33. The Morgan fingerprint density at radius 3 is 2.67 bits per heavy atom. The minimum absolute atomic E-state index is 0.280. The van der Waals surface area contributed by atoms with Gasteiger partial charge < -0.3 is 15.6 Å². The molecule has 1 unspecified atom stereocenters. The van der Waals surface area contributed by atoms with Crippen molar-refractivity contribution in [3.05, 3.63) is 27.8 Å². The van der Waals surface area contributed by atoms with Gasteiger partial charge in [0.1, 0.15) is 5.75 Å². The summed E-state index contributed by atoms with van der Waals surface area (Å²) in [5.41, 5.74) is 8.56. The molecule has 1 rings (SSSR count). The lowest BCUT2D eigenvalue weighted by Gasteiger charge is -2.18. The summed E-state index contributed by atoms with van der Waals surface area (Å²) >= 11 is 6.20. The largest absolute Gasteiger partial charge is 0.493 e. The van der Waals surface area contributed by atoms with Crippen LogP contribution >= 0.6 is 11.6 Å². The molecule has 0 fully saturated rings. The van der Waals surface area contributed by atoms with E-state index >= 15 is 0 Å². The van der Waals surface area contributed by atoms with E-state index in [1.54, 1.807) is 0 Å². The Balaban J connectivity index is 3.05. The maximum absolute atomic E-state index is 9.57. The molecule has 0 bridgehead atoms. The van der Waals surface area contributed by atoms with Gasteiger partial charge in [-0.25, -0.2) is 0 Å². The fraction of sp³-hybridized carbons (Fsp3) is 0.571. The molecule has 3 nitrogen and oxygen atoms in total. The van der Waals surface area contributed by atoms with E-state index in [0.717, 1.165) is 33.9 Å². The van der Waals surface area contributed by atoms with Crippen LogP contribution in [-0.4, -0.2) is 24.4 Å². The van der Waals surface area contributed by atoms with E-state index in [1.807, 2.05) is 26.8 Å². The third-order valence-corrected chi connectivity index (χ3v) is 3.47. The zero-order chi connectivity index (χ0) is 13.7. The van der Waals surface area contributed by atoms with Gasteiger partial charge >= 0.3 is 0 Å². The smallest absolute Gasteiger partial charge is 0.125 e. The minimum atomic E-state index is -0.474. The van der Waals surface area contributed by atoms with Gasteiger partial charge in [0, 0.05) is 11.6 Å². The predicted molar refractivity (Wildman–Crippen MR) is 75.5 cm³/mol. The first-order chi connectivity index (χ1) is 8.51. The molecule has 1 atom stereocenters. The highest BCUT2D eigenvalue weighted by Gasteiger charge is 2.14. The summed E-state index contributed by atoms with van der Waals surface area (Å²) in [5, 5.41) is 10.3. The van der Waals surface area contributed by atoms with Gasteiger partial charge in [-0.3, -0.25) is 0 Å². The van der Waals surface area contributed by atoms with Crippen LogP contribution in [0.4, 0.5) is 0 Å². The number of aliphatic hydroxyl groups excluding tert-OH is 1. The molecule has 0 aliphatic heterocycles. The van der Waals surface area contributed by atoms with Crippen molar-refractivity contribution in [2.24, 2.45) is 5.73 Å². The molecular weight excluding hydrogens is 250 g/mol. The quantitative estimate of drug-likeness (QED) is 0.836. The highest BCUT2D eigenvalue weighted by atomic mass is 35.5. The molecule has 4 heteroatoms. The van der Waals surface area contributed by atoms with E-state index in [0.29, 0.717) is 13.0 Å². The van der Waals surface area contributed by atoms with E-state index in [4.69, 9.17) is 22.1 Å². The molecule has 0 saturated heterocycles. The number of ether oxygens (including phenoxy) is 1. The molecule has 0 amide bonds. The zero-order valence-corrected chi connectivity index (χ0v) is 12.0. The molecule has 1 aromatic rings. The lowest BCUT2D eigenvalue weighted by molar-refractivity contribution is 0.172. The van der Waals surface area contributed by atoms with Crippen LogP contribution < -0.4 is 10.5 Å². The Morgan fingerprint density at radius 2 is 2.11 bits per heavy atom. The summed E-state index contributed by atoms with van der Waals surface area (Å²) < 4.78 is 5.70. The molecule has 3 N–H and O–H groups in total. The standard InChI is InChI=1S/C14H22ClNO2/c1-4-18-14-9(2)7-13(15)10(3)12(14)6-5-11(17)8-16/h7,11,17H,4-6,8,16H2,1-3H3. The van der Waals surface area contributed by atoms with E-state index in [2.05, 4.69) is 0 Å². The fourth-order valence-electron chi connectivity index (χ4n) is 1.99. The van der Waals surface area contributed by atoms with E-state index < -0.39 is 6.10 Å². The van der Waals surface area contributed by atoms with Crippen LogP contribution in [0.5, 0.6) is 5.75 Å². The Hall–Kier alpha value is -0.770. The van der Waals surface area contributed by atoms with Crippen molar-refractivity contribution in [3.8, 4) is 5.75 Å². The van der Waals surface area contributed by atoms with Gasteiger partial charge in [0.25, 0.3) is 0 Å². The SMILES string of the molecule is CCOc1c(C)cc(Cl)c(C)c1CCC(O)CN. The summed E-state index contributed by atoms with van der Waals surface area (Å²) in [7, 11) is 0. The average Bonchev–Trinajstić information content (AvgIpc) is 2.35. The van der Waals surface area contributed by atoms with Gasteiger partial charge in [-0.05, 0) is 56.4 Å². The number of nitrogens with two attached hydrogens (primary N) is 1. The van der Waals surface area contributed by atoms with Crippen LogP contribution in [0.1, 0.15) is 30.0 Å². The minimum Gasteiger partial charge on any atom is -0.493 e. The first-order valence-electron chi connectivity index (χ1n) is 6.30. The number of benzene rings is 1. The lowest BCUT2D eigenvalue weighted by Crippen LogP contribution is -2.20. The van der Waals surface area contributed by atoms with Crippen molar-refractivity contribution >= 4 is 11.6 Å². The molecule has 1 aromatic carbocycles. The monoisotopic (exact) mass is 271 g/mol. The average molecular weight is 272 g/mol. The normalized spacial score (nSPS) is 12.6. The predicted octanol–water partition coefficient (Wildman–Crippen LogP) is 2.61. The summed E-state index contributed by atoms with van der Waals surface area (Å²) in [4.78, 5) is 0. The Morgan fingerprint density at radius 1 is 1.44 bits per heavy atom. The molecule has 18 heavy (non-hydrogen) atoms. The Labute approximate surface area is 114 Å². The van der Waals surface area contributed by atoms with Gasteiger partial charge in [0.2, 0.25) is 0 Å². The molecule has 0 aliphatic rings. The second-order valence-corrected chi connectivity index (χ2v) is 4.88. The maximum Gasteiger partial charge on any atom is 0.125 e. The van der Waals surface area contributed by atoms with Gasteiger partial charge in [-0.1, -0.05) is 11.6 Å².